The number of nitrogens with one attached hydrogen (secondary N) is 1. The highest BCUT2D eigenvalue weighted by Crippen LogP contribution is 2.48. The van der Waals surface area contributed by atoms with Crippen LogP contribution in [0.4, 0.5) is 4.79 Å². The number of fused-ring (bicyclic) bond motifs is 1. The number of amides is 2. The van der Waals surface area contributed by atoms with E-state index in [0.717, 1.165) is 32.1 Å². The van der Waals surface area contributed by atoms with Crippen molar-refractivity contribution >= 4 is 35.2 Å². The van der Waals surface area contributed by atoms with Gasteiger partial charge in [-0.25, -0.2) is 4.79 Å². The van der Waals surface area contributed by atoms with Crippen molar-refractivity contribution in [1.82, 2.24) is 10.2 Å². The number of carbonyl (C=O) groups is 2. The molecule has 24 heavy (non-hydrogen) atoms. The molecule has 1 saturated heterocycles. The van der Waals surface area contributed by atoms with Gasteiger partial charge in [-0.3, -0.25) is 9.69 Å². The summed E-state index contributed by atoms with van der Waals surface area (Å²) in [6.45, 7) is 5.51. The summed E-state index contributed by atoms with van der Waals surface area (Å²) in [5, 5.41) is 3.05. The number of hydrogen-bond donors (Lipinski definition) is 1. The van der Waals surface area contributed by atoms with Gasteiger partial charge in [0.2, 0.25) is 5.91 Å². The second-order valence-corrected chi connectivity index (χ2v) is 10.0. The largest absolute Gasteiger partial charge is 0.444 e. The molecule has 2 saturated carbocycles. The van der Waals surface area contributed by atoms with Gasteiger partial charge in [0, 0.05) is 18.5 Å². The molecule has 2 amide bonds. The topological polar surface area (TPSA) is 58.6 Å². The molecule has 2 aliphatic carbocycles. The Morgan fingerprint density at radius 3 is 2.58 bits per heavy atom. The maximum Gasteiger partial charge on any atom is 0.411 e. The van der Waals surface area contributed by atoms with E-state index < -0.39 is 16.0 Å². The predicted octanol–water partition coefficient (Wildman–Crippen LogP) is 3.62. The zero-order chi connectivity index (χ0) is 17.7. The molecule has 1 heterocycles. The van der Waals surface area contributed by atoms with Gasteiger partial charge in [-0.1, -0.05) is 0 Å². The summed E-state index contributed by atoms with van der Waals surface area (Å²) in [6.07, 6.45) is 4.37. The van der Waals surface area contributed by atoms with E-state index in [1.807, 2.05) is 20.8 Å². The van der Waals surface area contributed by atoms with Crippen molar-refractivity contribution in [3.05, 3.63) is 0 Å². The maximum absolute atomic E-state index is 12.7. The summed E-state index contributed by atoms with van der Waals surface area (Å²) in [6, 6.07) is -0.314. The van der Waals surface area contributed by atoms with Crippen LogP contribution in [0.3, 0.4) is 0 Å². The Hall–Kier alpha value is -0.680. The van der Waals surface area contributed by atoms with Crippen molar-refractivity contribution in [3.63, 3.8) is 0 Å². The normalized spacial score (nSPS) is 34.5. The fraction of sp³-hybridized carbons (Fsp3) is 0.882. The van der Waals surface area contributed by atoms with Crippen LogP contribution in [-0.4, -0.2) is 45.0 Å². The molecule has 0 aromatic rings. The van der Waals surface area contributed by atoms with Crippen LogP contribution in [0, 0.1) is 5.92 Å². The second kappa shape index (κ2) is 6.24. The number of rotatable bonds is 2. The molecule has 0 bridgehead atoms. The van der Waals surface area contributed by atoms with Crippen LogP contribution in [0.2, 0.25) is 0 Å². The summed E-state index contributed by atoms with van der Waals surface area (Å²) in [4.78, 5) is 26.9. The molecule has 136 valence electrons. The van der Waals surface area contributed by atoms with E-state index in [1.165, 1.54) is 0 Å². The molecule has 7 heteroatoms. The molecule has 3 fully saturated rings. The third-order valence-corrected chi connectivity index (χ3v) is 5.68. The van der Waals surface area contributed by atoms with Gasteiger partial charge >= 0.3 is 6.09 Å². The highest BCUT2D eigenvalue weighted by Gasteiger charge is 2.57. The first-order valence-electron chi connectivity index (χ1n) is 8.75. The van der Waals surface area contributed by atoms with Gasteiger partial charge in [0.05, 0.1) is 0 Å². The van der Waals surface area contributed by atoms with Crippen LogP contribution in [0.25, 0.3) is 0 Å². The standard InChI is InChI=1S/C17H26Cl2N2O3/c1-16(2,3)24-15(23)21-12-7-10(12)8-13(21)14(22)20-11-5-4-6-17(18,19)9-11/h10-13H,4-9H2,1-3H3,(H,20,22)/t10-,11?,12-,13+/m1/s1. The molecular formula is C17H26Cl2N2O3. The second-order valence-electron chi connectivity index (χ2n) is 8.36. The molecule has 0 spiro atoms. The van der Waals surface area contributed by atoms with Crippen LogP contribution >= 0.6 is 23.2 Å². The van der Waals surface area contributed by atoms with Crippen molar-refractivity contribution in [2.45, 2.75) is 87.4 Å². The minimum atomic E-state index is -0.765. The number of halogens is 2. The third kappa shape index (κ3) is 4.10. The van der Waals surface area contributed by atoms with E-state index in [0.29, 0.717) is 12.3 Å². The Bertz CT molecular complexity index is 532. The highest BCUT2D eigenvalue weighted by molar-refractivity contribution is 6.48. The first kappa shape index (κ1) is 18.1. The van der Waals surface area contributed by atoms with Gasteiger partial charge in [-0.2, -0.15) is 0 Å². The number of carbonyl (C=O) groups excluding carboxylic acids is 2. The van der Waals surface area contributed by atoms with Gasteiger partial charge in [0.25, 0.3) is 0 Å². The Balaban J connectivity index is 1.62. The number of alkyl halides is 2. The van der Waals surface area contributed by atoms with Crippen molar-refractivity contribution in [2.24, 2.45) is 5.92 Å². The fourth-order valence-corrected chi connectivity index (χ4v) is 4.50. The van der Waals surface area contributed by atoms with Crippen LogP contribution in [0.15, 0.2) is 0 Å². The molecule has 1 aliphatic heterocycles. The van der Waals surface area contributed by atoms with Crippen molar-refractivity contribution in [1.29, 1.82) is 0 Å². The number of nitrogens with zero attached hydrogens (tertiary/aromatic N) is 1. The maximum atomic E-state index is 12.7. The van der Waals surface area contributed by atoms with Crippen LogP contribution < -0.4 is 5.32 Å². The monoisotopic (exact) mass is 376 g/mol. The number of ether oxygens (including phenoxy) is 1. The predicted molar refractivity (Wildman–Crippen MR) is 93.2 cm³/mol. The number of piperidine rings is 1. The summed E-state index contributed by atoms with van der Waals surface area (Å²) in [5.41, 5.74) is -0.564. The van der Waals surface area contributed by atoms with E-state index in [2.05, 4.69) is 5.32 Å². The zero-order valence-corrected chi connectivity index (χ0v) is 16.0. The van der Waals surface area contributed by atoms with Gasteiger partial charge in [-0.05, 0) is 58.8 Å². The molecule has 1 unspecified atom stereocenters. The summed E-state index contributed by atoms with van der Waals surface area (Å²) in [7, 11) is 0. The SMILES string of the molecule is CC(C)(C)OC(=O)N1[C@@H]2C[C@@H]2C[C@H]1C(=O)NC1CCCC(Cl)(Cl)C1. The van der Waals surface area contributed by atoms with Crippen molar-refractivity contribution in [2.75, 3.05) is 0 Å². The molecule has 4 atom stereocenters. The number of likely N-dealkylation sites (tertiary alicyclic amines) is 1. The van der Waals surface area contributed by atoms with E-state index in [1.54, 1.807) is 4.90 Å². The van der Waals surface area contributed by atoms with Crippen molar-refractivity contribution in [3.8, 4) is 0 Å². The average molecular weight is 377 g/mol. The smallest absolute Gasteiger partial charge is 0.411 e. The molecular weight excluding hydrogens is 351 g/mol. The number of hydrogen-bond acceptors (Lipinski definition) is 3. The lowest BCUT2D eigenvalue weighted by molar-refractivity contribution is -0.127. The molecule has 0 aromatic heterocycles. The van der Waals surface area contributed by atoms with Crippen LogP contribution in [-0.2, 0) is 9.53 Å². The minimum absolute atomic E-state index is 0.0290. The summed E-state index contributed by atoms with van der Waals surface area (Å²) < 4.78 is 4.72. The lowest BCUT2D eigenvalue weighted by Crippen LogP contribution is -2.52. The quantitative estimate of drug-likeness (QED) is 0.748. The Labute approximate surface area is 153 Å². The average Bonchev–Trinajstić information content (AvgIpc) is 3.05. The zero-order valence-electron chi connectivity index (χ0n) is 14.5. The van der Waals surface area contributed by atoms with Gasteiger partial charge in [0.15, 0.2) is 0 Å². The summed E-state index contributed by atoms with van der Waals surface area (Å²) >= 11 is 12.4. The van der Waals surface area contributed by atoms with Gasteiger partial charge in [-0.15, -0.1) is 23.2 Å². The molecule has 0 aromatic carbocycles. The van der Waals surface area contributed by atoms with Gasteiger partial charge < -0.3 is 10.1 Å². The first-order chi connectivity index (χ1) is 11.1. The van der Waals surface area contributed by atoms with E-state index in [-0.39, 0.29) is 24.1 Å². The molecule has 1 N–H and O–H groups in total. The van der Waals surface area contributed by atoms with E-state index in [4.69, 9.17) is 27.9 Å². The molecule has 3 aliphatic rings. The Morgan fingerprint density at radius 2 is 1.96 bits per heavy atom. The van der Waals surface area contributed by atoms with Crippen molar-refractivity contribution < 1.29 is 14.3 Å². The van der Waals surface area contributed by atoms with E-state index in [9.17, 15) is 9.59 Å². The lowest BCUT2D eigenvalue weighted by Gasteiger charge is -2.34. The summed E-state index contributed by atoms with van der Waals surface area (Å²) in [5.74, 6) is 0.323. The molecule has 5 nitrogen and oxygen atoms in total. The molecule has 3 rings (SSSR count). The van der Waals surface area contributed by atoms with Gasteiger partial charge in [0.1, 0.15) is 16.0 Å². The fourth-order valence-electron chi connectivity index (χ4n) is 3.86. The lowest BCUT2D eigenvalue weighted by atomic mass is 9.94. The van der Waals surface area contributed by atoms with E-state index >= 15 is 0 Å². The van der Waals surface area contributed by atoms with Crippen LogP contribution in [0.5, 0.6) is 0 Å². The van der Waals surface area contributed by atoms with Crippen LogP contribution in [0.1, 0.15) is 59.3 Å². The highest BCUT2D eigenvalue weighted by atomic mass is 35.5. The Kier molecular flexibility index (Phi) is 4.71. The third-order valence-electron chi connectivity index (χ3n) is 5.00. The Morgan fingerprint density at radius 1 is 1.25 bits per heavy atom. The first-order valence-corrected chi connectivity index (χ1v) is 9.51. The minimum Gasteiger partial charge on any atom is -0.444 e. The molecule has 0 radical (unpaired) electrons.